The lowest BCUT2D eigenvalue weighted by molar-refractivity contribution is 0.601. The van der Waals surface area contributed by atoms with Gasteiger partial charge in [0.1, 0.15) is 9.84 Å². The first-order valence-corrected chi connectivity index (χ1v) is 9.61. The third-order valence-electron chi connectivity index (χ3n) is 3.39. The molecule has 1 aromatic carbocycles. The molecule has 0 radical (unpaired) electrons. The molecule has 6 heteroatoms. The average Bonchev–Trinajstić information content (AvgIpc) is 3.17. The van der Waals surface area contributed by atoms with Crippen LogP contribution in [-0.4, -0.2) is 40.1 Å². The van der Waals surface area contributed by atoms with Gasteiger partial charge in [-0.1, -0.05) is 6.07 Å². The van der Waals surface area contributed by atoms with Gasteiger partial charge in [-0.25, -0.2) is 8.42 Å². The van der Waals surface area contributed by atoms with Crippen LogP contribution in [-0.2, 0) is 16.4 Å². The predicted octanol–water partition coefficient (Wildman–Crippen LogP) is 2.18. The zero-order chi connectivity index (χ0) is 14.8. The third-order valence-corrected chi connectivity index (χ3v) is 4.95. The van der Waals surface area contributed by atoms with Crippen LogP contribution in [0.1, 0.15) is 18.4 Å². The predicted molar refractivity (Wildman–Crippen MR) is 87.0 cm³/mol. The lowest BCUT2D eigenvalue weighted by Gasteiger charge is -2.21. The molecular weight excluding hydrogens is 340 g/mol. The van der Waals surface area contributed by atoms with Gasteiger partial charge in [-0.05, 0) is 46.5 Å². The molecule has 1 saturated carbocycles. The SMILES string of the molecule is CN(CCS(C)(=O)=O)c1ccc(CNC2CC2)cc1Br. The van der Waals surface area contributed by atoms with E-state index >= 15 is 0 Å². The summed E-state index contributed by atoms with van der Waals surface area (Å²) < 4.78 is 23.4. The van der Waals surface area contributed by atoms with Gasteiger partial charge in [0.2, 0.25) is 0 Å². The molecule has 0 heterocycles. The Bertz CT molecular complexity index is 571. The quantitative estimate of drug-likeness (QED) is 0.809. The van der Waals surface area contributed by atoms with E-state index in [2.05, 4.69) is 33.4 Å². The lowest BCUT2D eigenvalue weighted by atomic mass is 10.2. The third kappa shape index (κ3) is 5.07. The second kappa shape index (κ2) is 6.45. The first-order valence-electron chi connectivity index (χ1n) is 6.76. The molecule has 0 spiro atoms. The fourth-order valence-corrected chi connectivity index (χ4v) is 3.28. The molecule has 20 heavy (non-hydrogen) atoms. The van der Waals surface area contributed by atoms with Crippen LogP contribution >= 0.6 is 15.9 Å². The Balaban J connectivity index is 1.96. The molecule has 1 aliphatic rings. The Labute approximate surface area is 129 Å². The summed E-state index contributed by atoms with van der Waals surface area (Å²) in [4.78, 5) is 1.96. The average molecular weight is 361 g/mol. The molecule has 1 aliphatic carbocycles. The normalized spacial score (nSPS) is 15.3. The minimum absolute atomic E-state index is 0.168. The monoisotopic (exact) mass is 360 g/mol. The fraction of sp³-hybridized carbons (Fsp3) is 0.571. The number of rotatable bonds is 7. The van der Waals surface area contributed by atoms with Gasteiger partial charge < -0.3 is 10.2 Å². The Hall–Kier alpha value is -0.590. The van der Waals surface area contributed by atoms with Crippen LogP contribution in [0.3, 0.4) is 0 Å². The number of nitrogens with zero attached hydrogens (tertiary/aromatic N) is 1. The summed E-state index contributed by atoms with van der Waals surface area (Å²) in [6, 6.07) is 6.93. The number of benzene rings is 1. The molecule has 112 valence electrons. The highest BCUT2D eigenvalue weighted by Crippen LogP contribution is 2.27. The van der Waals surface area contributed by atoms with Crippen LogP contribution in [0.15, 0.2) is 22.7 Å². The zero-order valence-corrected chi connectivity index (χ0v) is 14.3. The van der Waals surface area contributed by atoms with E-state index < -0.39 is 9.84 Å². The van der Waals surface area contributed by atoms with Gasteiger partial charge >= 0.3 is 0 Å². The molecule has 1 aromatic rings. The van der Waals surface area contributed by atoms with Gasteiger partial charge in [-0.3, -0.25) is 0 Å². The van der Waals surface area contributed by atoms with Crippen molar-refractivity contribution in [1.82, 2.24) is 5.32 Å². The van der Waals surface area contributed by atoms with Crippen molar-refractivity contribution in [2.24, 2.45) is 0 Å². The molecule has 4 nitrogen and oxygen atoms in total. The van der Waals surface area contributed by atoms with Crippen LogP contribution in [0.5, 0.6) is 0 Å². The van der Waals surface area contributed by atoms with Crippen molar-refractivity contribution in [1.29, 1.82) is 0 Å². The zero-order valence-electron chi connectivity index (χ0n) is 11.9. The van der Waals surface area contributed by atoms with E-state index in [-0.39, 0.29) is 5.75 Å². The summed E-state index contributed by atoms with van der Waals surface area (Å²) in [7, 11) is -1.02. The second-order valence-corrected chi connectivity index (χ2v) is 8.61. The minimum Gasteiger partial charge on any atom is -0.373 e. The van der Waals surface area contributed by atoms with Gasteiger partial charge in [0, 0.05) is 36.9 Å². The van der Waals surface area contributed by atoms with Gasteiger partial charge in [-0.2, -0.15) is 0 Å². The molecule has 2 rings (SSSR count). The van der Waals surface area contributed by atoms with Gasteiger partial charge in [-0.15, -0.1) is 0 Å². The Morgan fingerprint density at radius 1 is 1.40 bits per heavy atom. The Morgan fingerprint density at radius 2 is 2.10 bits per heavy atom. The van der Waals surface area contributed by atoms with E-state index in [4.69, 9.17) is 0 Å². The molecule has 0 saturated heterocycles. The van der Waals surface area contributed by atoms with Crippen molar-refractivity contribution >= 4 is 31.5 Å². The number of sulfone groups is 1. The molecular formula is C14H21BrN2O2S. The molecule has 0 aliphatic heterocycles. The van der Waals surface area contributed by atoms with Crippen molar-refractivity contribution in [2.75, 3.05) is 30.5 Å². The number of nitrogens with one attached hydrogen (secondary N) is 1. The van der Waals surface area contributed by atoms with E-state index in [0.717, 1.165) is 16.7 Å². The summed E-state index contributed by atoms with van der Waals surface area (Å²) >= 11 is 3.57. The van der Waals surface area contributed by atoms with Crippen molar-refractivity contribution < 1.29 is 8.42 Å². The molecule has 1 fully saturated rings. The molecule has 0 aromatic heterocycles. The number of hydrogen-bond acceptors (Lipinski definition) is 4. The van der Waals surface area contributed by atoms with Gasteiger partial charge in [0.05, 0.1) is 11.4 Å². The number of halogens is 1. The largest absolute Gasteiger partial charge is 0.373 e. The number of anilines is 1. The Morgan fingerprint density at radius 3 is 2.65 bits per heavy atom. The topological polar surface area (TPSA) is 49.4 Å². The summed E-state index contributed by atoms with van der Waals surface area (Å²) in [6.07, 6.45) is 3.84. The van der Waals surface area contributed by atoms with Crippen molar-refractivity contribution in [3.63, 3.8) is 0 Å². The first-order chi connectivity index (χ1) is 9.35. The fourth-order valence-electron chi connectivity index (χ4n) is 1.94. The first kappa shape index (κ1) is 15.8. The van der Waals surface area contributed by atoms with Crippen LogP contribution in [0, 0.1) is 0 Å². The second-order valence-electron chi connectivity index (χ2n) is 5.49. The van der Waals surface area contributed by atoms with E-state index in [1.54, 1.807) is 0 Å². The van der Waals surface area contributed by atoms with Crippen LogP contribution in [0.4, 0.5) is 5.69 Å². The highest BCUT2D eigenvalue weighted by Gasteiger charge is 2.20. The lowest BCUT2D eigenvalue weighted by Crippen LogP contribution is -2.25. The molecule has 0 bridgehead atoms. The van der Waals surface area contributed by atoms with Crippen LogP contribution in [0.2, 0.25) is 0 Å². The van der Waals surface area contributed by atoms with Gasteiger partial charge in [0.15, 0.2) is 0 Å². The minimum atomic E-state index is -2.93. The summed E-state index contributed by atoms with van der Waals surface area (Å²) in [6.45, 7) is 1.38. The van der Waals surface area contributed by atoms with E-state index in [1.807, 2.05) is 18.0 Å². The standard InChI is InChI=1S/C14H21BrN2O2S/c1-17(7-8-20(2,18)19)14-6-3-11(9-13(14)15)10-16-12-4-5-12/h3,6,9,12,16H,4-5,7-8,10H2,1-2H3. The maximum Gasteiger partial charge on any atom is 0.149 e. The molecule has 1 N–H and O–H groups in total. The van der Waals surface area contributed by atoms with Crippen LogP contribution in [0.25, 0.3) is 0 Å². The van der Waals surface area contributed by atoms with Gasteiger partial charge in [0.25, 0.3) is 0 Å². The van der Waals surface area contributed by atoms with Crippen LogP contribution < -0.4 is 10.2 Å². The Kier molecular flexibility index (Phi) is 5.09. The van der Waals surface area contributed by atoms with E-state index in [9.17, 15) is 8.42 Å². The maximum absolute atomic E-state index is 11.2. The summed E-state index contributed by atoms with van der Waals surface area (Å²) in [5, 5.41) is 3.48. The molecule has 0 unspecified atom stereocenters. The maximum atomic E-state index is 11.2. The van der Waals surface area contributed by atoms with E-state index in [1.165, 1.54) is 24.7 Å². The highest BCUT2D eigenvalue weighted by molar-refractivity contribution is 9.10. The highest BCUT2D eigenvalue weighted by atomic mass is 79.9. The number of hydrogen-bond donors (Lipinski definition) is 1. The molecule has 0 atom stereocenters. The summed E-state index contributed by atoms with van der Waals surface area (Å²) in [5.41, 5.74) is 2.26. The summed E-state index contributed by atoms with van der Waals surface area (Å²) in [5.74, 6) is 0.168. The van der Waals surface area contributed by atoms with Crippen molar-refractivity contribution in [3.05, 3.63) is 28.2 Å². The smallest absolute Gasteiger partial charge is 0.149 e. The molecule has 0 amide bonds. The van der Waals surface area contributed by atoms with Crippen molar-refractivity contribution in [3.8, 4) is 0 Å². The van der Waals surface area contributed by atoms with Crippen molar-refractivity contribution in [2.45, 2.75) is 25.4 Å². The van der Waals surface area contributed by atoms with E-state index in [0.29, 0.717) is 12.6 Å².